The lowest BCUT2D eigenvalue weighted by molar-refractivity contribution is 1.11. The number of aromatic amines is 1. The van der Waals surface area contributed by atoms with Crippen LogP contribution in [0.3, 0.4) is 0 Å². The number of hydrogen-bond acceptors (Lipinski definition) is 3. The van der Waals surface area contributed by atoms with E-state index in [1.807, 2.05) is 6.07 Å². The van der Waals surface area contributed by atoms with Crippen LogP contribution >= 0.6 is 15.9 Å². The monoisotopic (exact) mass is 314 g/mol. The number of aromatic nitrogens is 3. The van der Waals surface area contributed by atoms with Crippen molar-refractivity contribution in [1.29, 1.82) is 0 Å². The topological polar surface area (TPSA) is 53.6 Å². The Morgan fingerprint density at radius 1 is 1.21 bits per heavy atom. The predicted molar refractivity (Wildman–Crippen MR) is 79.2 cm³/mol. The summed E-state index contributed by atoms with van der Waals surface area (Å²) in [5.74, 6) is 0.858. The minimum absolute atomic E-state index is 0.742. The standard InChI is InChI=1S/C14H11BrN4/c15-10-6-12-14(17-7-10)19-13(18-12)9-2-1-8-3-4-16-11(8)5-9/h1-2,5-7,16H,3-4H2,(H,17,18,19). The van der Waals surface area contributed by atoms with E-state index in [2.05, 4.69) is 54.4 Å². The molecule has 0 atom stereocenters. The molecule has 3 heterocycles. The van der Waals surface area contributed by atoms with Gasteiger partial charge in [-0.05, 0) is 40.0 Å². The summed E-state index contributed by atoms with van der Waals surface area (Å²) in [5, 5.41) is 3.39. The average molecular weight is 315 g/mol. The van der Waals surface area contributed by atoms with Gasteiger partial charge in [0.05, 0.1) is 5.52 Å². The zero-order valence-electron chi connectivity index (χ0n) is 10.1. The van der Waals surface area contributed by atoms with Crippen LogP contribution in [0.25, 0.3) is 22.6 Å². The maximum atomic E-state index is 4.53. The fourth-order valence-electron chi connectivity index (χ4n) is 2.45. The first-order valence-corrected chi connectivity index (χ1v) is 6.97. The molecule has 0 bridgehead atoms. The van der Waals surface area contributed by atoms with Crippen molar-refractivity contribution in [1.82, 2.24) is 15.0 Å². The molecular formula is C14H11BrN4. The third-order valence-corrected chi connectivity index (χ3v) is 3.83. The molecule has 0 fully saturated rings. The summed E-state index contributed by atoms with van der Waals surface area (Å²) in [4.78, 5) is 12.1. The number of imidazole rings is 1. The number of H-pyrrole nitrogens is 1. The summed E-state index contributed by atoms with van der Waals surface area (Å²) >= 11 is 3.42. The van der Waals surface area contributed by atoms with Gasteiger partial charge in [-0.25, -0.2) is 9.97 Å². The highest BCUT2D eigenvalue weighted by molar-refractivity contribution is 9.10. The maximum Gasteiger partial charge on any atom is 0.178 e. The summed E-state index contributed by atoms with van der Waals surface area (Å²) in [6.07, 6.45) is 2.86. The molecule has 0 radical (unpaired) electrons. The SMILES string of the molecule is Brc1cnc2nc(-c3ccc4c(c3)NCC4)[nH]c2c1. The highest BCUT2D eigenvalue weighted by atomic mass is 79.9. The van der Waals surface area contributed by atoms with Gasteiger partial charge in [-0.1, -0.05) is 12.1 Å². The van der Waals surface area contributed by atoms with Crippen molar-refractivity contribution >= 4 is 32.8 Å². The first kappa shape index (κ1) is 11.0. The molecule has 0 spiro atoms. The lowest BCUT2D eigenvalue weighted by Crippen LogP contribution is -1.91. The number of nitrogens with zero attached hydrogens (tertiary/aromatic N) is 2. The highest BCUT2D eigenvalue weighted by Gasteiger charge is 2.12. The Kier molecular flexibility index (Phi) is 2.35. The van der Waals surface area contributed by atoms with E-state index in [4.69, 9.17) is 0 Å². The van der Waals surface area contributed by atoms with E-state index in [0.717, 1.165) is 40.0 Å². The second kappa shape index (κ2) is 4.06. The Morgan fingerprint density at radius 3 is 3.11 bits per heavy atom. The lowest BCUT2D eigenvalue weighted by Gasteiger charge is -2.02. The van der Waals surface area contributed by atoms with E-state index >= 15 is 0 Å². The smallest absolute Gasteiger partial charge is 0.178 e. The molecule has 3 aromatic rings. The number of pyridine rings is 1. The van der Waals surface area contributed by atoms with Gasteiger partial charge in [-0.3, -0.25) is 0 Å². The van der Waals surface area contributed by atoms with E-state index in [0.29, 0.717) is 0 Å². The van der Waals surface area contributed by atoms with Crippen molar-refractivity contribution in [3.8, 4) is 11.4 Å². The molecule has 4 nitrogen and oxygen atoms in total. The predicted octanol–water partition coefficient (Wildman–Crippen LogP) is 3.36. The Balaban J connectivity index is 1.85. The highest BCUT2D eigenvalue weighted by Crippen LogP contribution is 2.28. The van der Waals surface area contributed by atoms with E-state index in [-0.39, 0.29) is 0 Å². The summed E-state index contributed by atoms with van der Waals surface area (Å²) in [5.41, 5.74) is 5.36. The van der Waals surface area contributed by atoms with Crippen LogP contribution in [0.5, 0.6) is 0 Å². The third kappa shape index (κ3) is 1.81. The summed E-state index contributed by atoms with van der Waals surface area (Å²) in [6.45, 7) is 1.02. The summed E-state index contributed by atoms with van der Waals surface area (Å²) < 4.78 is 0.950. The third-order valence-electron chi connectivity index (χ3n) is 3.40. The number of benzene rings is 1. The Hall–Kier alpha value is -1.88. The average Bonchev–Trinajstić information content (AvgIpc) is 3.02. The molecule has 0 amide bonds. The number of nitrogens with one attached hydrogen (secondary N) is 2. The van der Waals surface area contributed by atoms with Gasteiger partial charge in [0, 0.05) is 28.5 Å². The number of anilines is 1. The fraction of sp³-hybridized carbons (Fsp3) is 0.143. The van der Waals surface area contributed by atoms with Gasteiger partial charge >= 0.3 is 0 Å². The minimum Gasteiger partial charge on any atom is -0.384 e. The molecule has 2 N–H and O–H groups in total. The van der Waals surface area contributed by atoms with Crippen LogP contribution in [0.15, 0.2) is 34.9 Å². The molecule has 0 saturated carbocycles. The number of rotatable bonds is 1. The second-order valence-corrected chi connectivity index (χ2v) is 5.57. The van der Waals surface area contributed by atoms with Gasteiger partial charge in [-0.2, -0.15) is 0 Å². The molecule has 1 aromatic carbocycles. The fourth-order valence-corrected chi connectivity index (χ4v) is 2.78. The number of hydrogen-bond donors (Lipinski definition) is 2. The van der Waals surface area contributed by atoms with Crippen molar-refractivity contribution in [2.75, 3.05) is 11.9 Å². The van der Waals surface area contributed by atoms with Crippen LogP contribution in [0, 0.1) is 0 Å². The van der Waals surface area contributed by atoms with Crippen molar-refractivity contribution in [2.24, 2.45) is 0 Å². The molecule has 5 heteroatoms. The lowest BCUT2D eigenvalue weighted by atomic mass is 10.1. The normalized spacial score (nSPS) is 13.5. The van der Waals surface area contributed by atoms with Crippen LogP contribution in [0.2, 0.25) is 0 Å². The van der Waals surface area contributed by atoms with Gasteiger partial charge < -0.3 is 10.3 Å². The molecule has 19 heavy (non-hydrogen) atoms. The molecular weight excluding hydrogens is 304 g/mol. The van der Waals surface area contributed by atoms with Crippen LogP contribution < -0.4 is 5.32 Å². The van der Waals surface area contributed by atoms with Gasteiger partial charge in [0.25, 0.3) is 0 Å². The van der Waals surface area contributed by atoms with Gasteiger partial charge in [-0.15, -0.1) is 0 Å². The summed E-state index contributed by atoms with van der Waals surface area (Å²) in [6, 6.07) is 8.42. The van der Waals surface area contributed by atoms with Gasteiger partial charge in [0.2, 0.25) is 0 Å². The number of halogens is 1. The zero-order valence-corrected chi connectivity index (χ0v) is 11.7. The van der Waals surface area contributed by atoms with Crippen LogP contribution in [-0.2, 0) is 6.42 Å². The maximum absolute atomic E-state index is 4.53. The molecule has 2 aromatic heterocycles. The molecule has 1 aliphatic heterocycles. The zero-order chi connectivity index (χ0) is 12.8. The Morgan fingerprint density at radius 2 is 2.16 bits per heavy atom. The Bertz CT molecular complexity index is 778. The summed E-state index contributed by atoms with van der Waals surface area (Å²) in [7, 11) is 0. The Labute approximate surface area is 118 Å². The van der Waals surface area contributed by atoms with Crippen LogP contribution in [0.4, 0.5) is 5.69 Å². The van der Waals surface area contributed by atoms with Crippen molar-refractivity contribution in [3.05, 3.63) is 40.5 Å². The van der Waals surface area contributed by atoms with E-state index in [1.54, 1.807) is 6.20 Å². The first-order chi connectivity index (χ1) is 9.29. The largest absolute Gasteiger partial charge is 0.384 e. The molecule has 0 unspecified atom stereocenters. The molecule has 4 rings (SSSR count). The first-order valence-electron chi connectivity index (χ1n) is 6.18. The van der Waals surface area contributed by atoms with Gasteiger partial charge in [0.15, 0.2) is 5.65 Å². The van der Waals surface area contributed by atoms with E-state index < -0.39 is 0 Å². The van der Waals surface area contributed by atoms with E-state index in [9.17, 15) is 0 Å². The van der Waals surface area contributed by atoms with Crippen LogP contribution in [-0.4, -0.2) is 21.5 Å². The molecule has 94 valence electrons. The molecule has 0 aliphatic carbocycles. The van der Waals surface area contributed by atoms with Crippen LogP contribution in [0.1, 0.15) is 5.56 Å². The number of fused-ring (bicyclic) bond motifs is 2. The van der Waals surface area contributed by atoms with Crippen molar-refractivity contribution in [3.63, 3.8) is 0 Å². The molecule has 0 saturated heterocycles. The minimum atomic E-state index is 0.742. The van der Waals surface area contributed by atoms with Gasteiger partial charge in [0.1, 0.15) is 5.82 Å². The second-order valence-electron chi connectivity index (χ2n) is 4.66. The quantitative estimate of drug-likeness (QED) is 0.724. The van der Waals surface area contributed by atoms with Crippen molar-refractivity contribution < 1.29 is 0 Å². The van der Waals surface area contributed by atoms with E-state index in [1.165, 1.54) is 11.3 Å². The molecule has 1 aliphatic rings. The van der Waals surface area contributed by atoms with Crippen molar-refractivity contribution in [2.45, 2.75) is 6.42 Å².